The summed E-state index contributed by atoms with van der Waals surface area (Å²) < 4.78 is 4.90. The van der Waals surface area contributed by atoms with Crippen molar-refractivity contribution in [2.75, 3.05) is 18.0 Å². The molecule has 5 nitrogen and oxygen atoms in total. The Bertz CT molecular complexity index is 353. The van der Waals surface area contributed by atoms with Gasteiger partial charge in [0.25, 0.3) is 0 Å². The van der Waals surface area contributed by atoms with E-state index in [1.54, 1.807) is 6.92 Å². The lowest BCUT2D eigenvalue weighted by molar-refractivity contribution is 0.0695. The van der Waals surface area contributed by atoms with Gasteiger partial charge in [0.15, 0.2) is 11.6 Å². The van der Waals surface area contributed by atoms with Crippen molar-refractivity contribution in [1.82, 2.24) is 5.16 Å². The first-order chi connectivity index (χ1) is 6.70. The third-order valence-electron chi connectivity index (χ3n) is 2.46. The highest BCUT2D eigenvalue weighted by atomic mass is 16.5. The molecule has 0 aromatic carbocycles. The highest BCUT2D eigenvalue weighted by Crippen LogP contribution is 2.25. The average molecular weight is 196 g/mol. The van der Waals surface area contributed by atoms with E-state index in [0.717, 1.165) is 25.9 Å². The van der Waals surface area contributed by atoms with Crippen LogP contribution in [0.5, 0.6) is 0 Å². The van der Waals surface area contributed by atoms with E-state index in [2.05, 4.69) is 5.16 Å². The molecule has 0 unspecified atom stereocenters. The Hall–Kier alpha value is -1.52. The number of aromatic nitrogens is 1. The van der Waals surface area contributed by atoms with E-state index in [4.69, 9.17) is 9.63 Å². The molecule has 1 aromatic rings. The van der Waals surface area contributed by atoms with Crippen LogP contribution in [-0.2, 0) is 0 Å². The fourth-order valence-electron chi connectivity index (χ4n) is 1.75. The lowest BCUT2D eigenvalue weighted by atomic mass is 10.2. The summed E-state index contributed by atoms with van der Waals surface area (Å²) in [6, 6.07) is 0. The summed E-state index contributed by atoms with van der Waals surface area (Å²) in [5.74, 6) is -0.113. The van der Waals surface area contributed by atoms with Crippen LogP contribution >= 0.6 is 0 Å². The second kappa shape index (κ2) is 3.32. The Kier molecular flexibility index (Phi) is 2.15. The Morgan fingerprint density at radius 1 is 1.50 bits per heavy atom. The van der Waals surface area contributed by atoms with Gasteiger partial charge in [-0.2, -0.15) is 0 Å². The van der Waals surface area contributed by atoms with Gasteiger partial charge in [-0.05, 0) is 19.8 Å². The molecule has 0 aliphatic carbocycles. The molecule has 1 saturated heterocycles. The molecule has 2 heterocycles. The van der Waals surface area contributed by atoms with Crippen LogP contribution in [0.1, 0.15) is 29.0 Å². The maximum absolute atomic E-state index is 10.9. The van der Waals surface area contributed by atoms with Gasteiger partial charge in [0.2, 0.25) is 0 Å². The van der Waals surface area contributed by atoms with Gasteiger partial charge < -0.3 is 14.5 Å². The number of nitrogens with zero attached hydrogens (tertiary/aromatic N) is 2. The van der Waals surface area contributed by atoms with Crippen LogP contribution in [0.2, 0.25) is 0 Å². The van der Waals surface area contributed by atoms with Gasteiger partial charge in [-0.3, -0.25) is 0 Å². The smallest absolute Gasteiger partial charge is 0.343 e. The number of rotatable bonds is 2. The van der Waals surface area contributed by atoms with Crippen molar-refractivity contribution < 1.29 is 14.4 Å². The van der Waals surface area contributed by atoms with Crippen molar-refractivity contribution in [2.45, 2.75) is 19.8 Å². The normalized spacial score (nSPS) is 16.2. The van der Waals surface area contributed by atoms with Gasteiger partial charge in [0.1, 0.15) is 5.56 Å². The van der Waals surface area contributed by atoms with E-state index in [0.29, 0.717) is 11.6 Å². The molecule has 0 atom stereocenters. The summed E-state index contributed by atoms with van der Waals surface area (Å²) in [6.07, 6.45) is 2.18. The Morgan fingerprint density at radius 3 is 2.71 bits per heavy atom. The lowest BCUT2D eigenvalue weighted by Crippen LogP contribution is -2.20. The molecular weight excluding hydrogens is 184 g/mol. The van der Waals surface area contributed by atoms with E-state index in [-0.39, 0.29) is 5.56 Å². The first kappa shape index (κ1) is 9.05. The second-order valence-electron chi connectivity index (χ2n) is 3.44. The minimum absolute atomic E-state index is 0.201. The molecule has 0 spiro atoms. The first-order valence-electron chi connectivity index (χ1n) is 4.64. The van der Waals surface area contributed by atoms with Crippen molar-refractivity contribution in [3.8, 4) is 0 Å². The van der Waals surface area contributed by atoms with Crippen LogP contribution in [0.3, 0.4) is 0 Å². The van der Waals surface area contributed by atoms with E-state index in [1.165, 1.54) is 0 Å². The van der Waals surface area contributed by atoms with Gasteiger partial charge >= 0.3 is 5.97 Å². The standard InChI is InChI=1S/C9H12N2O3/c1-6-7(9(12)13)8(10-14-6)11-4-2-3-5-11/h2-5H2,1H3,(H,12,13). The number of carbonyl (C=O) groups is 1. The molecule has 1 aliphatic heterocycles. The number of aromatic carboxylic acids is 1. The van der Waals surface area contributed by atoms with Gasteiger partial charge in [0.05, 0.1) is 0 Å². The number of carboxylic acid groups (broad SMARTS) is 1. The van der Waals surface area contributed by atoms with Crippen LogP contribution in [0.25, 0.3) is 0 Å². The van der Waals surface area contributed by atoms with Crippen molar-refractivity contribution in [3.63, 3.8) is 0 Å². The number of aryl methyl sites for hydroxylation is 1. The van der Waals surface area contributed by atoms with E-state index in [1.807, 2.05) is 4.90 Å². The maximum Gasteiger partial charge on any atom is 0.343 e. The van der Waals surface area contributed by atoms with Crippen molar-refractivity contribution in [3.05, 3.63) is 11.3 Å². The molecule has 14 heavy (non-hydrogen) atoms. The fraction of sp³-hybridized carbons (Fsp3) is 0.556. The van der Waals surface area contributed by atoms with Crippen LogP contribution in [0.4, 0.5) is 5.82 Å². The lowest BCUT2D eigenvalue weighted by Gasteiger charge is -2.13. The quantitative estimate of drug-likeness (QED) is 0.771. The molecule has 2 rings (SSSR count). The Morgan fingerprint density at radius 2 is 2.14 bits per heavy atom. The molecule has 0 amide bonds. The maximum atomic E-state index is 10.9. The second-order valence-corrected chi connectivity index (χ2v) is 3.44. The topological polar surface area (TPSA) is 66.6 Å². The zero-order valence-corrected chi connectivity index (χ0v) is 7.99. The molecular formula is C9H12N2O3. The van der Waals surface area contributed by atoms with Crippen LogP contribution in [0, 0.1) is 6.92 Å². The largest absolute Gasteiger partial charge is 0.477 e. The third kappa shape index (κ3) is 1.34. The number of hydrogen-bond acceptors (Lipinski definition) is 4. The predicted molar refractivity (Wildman–Crippen MR) is 49.6 cm³/mol. The van der Waals surface area contributed by atoms with E-state index in [9.17, 15) is 4.79 Å². The zero-order valence-electron chi connectivity index (χ0n) is 7.99. The molecule has 1 N–H and O–H groups in total. The van der Waals surface area contributed by atoms with Crippen molar-refractivity contribution in [1.29, 1.82) is 0 Å². The van der Waals surface area contributed by atoms with Gasteiger partial charge in [-0.1, -0.05) is 5.16 Å². The third-order valence-corrected chi connectivity index (χ3v) is 2.46. The van der Waals surface area contributed by atoms with Gasteiger partial charge in [0, 0.05) is 13.1 Å². The first-order valence-corrected chi connectivity index (χ1v) is 4.64. The highest BCUT2D eigenvalue weighted by Gasteiger charge is 2.25. The number of anilines is 1. The minimum Gasteiger partial charge on any atom is -0.477 e. The molecule has 1 fully saturated rings. The Labute approximate surface area is 81.3 Å². The molecule has 0 radical (unpaired) electrons. The van der Waals surface area contributed by atoms with Gasteiger partial charge in [-0.25, -0.2) is 4.79 Å². The molecule has 76 valence electrons. The predicted octanol–water partition coefficient (Wildman–Crippen LogP) is 1.28. The Balaban J connectivity index is 2.37. The van der Waals surface area contributed by atoms with Gasteiger partial charge in [-0.15, -0.1) is 0 Å². The minimum atomic E-state index is -0.967. The van der Waals surface area contributed by atoms with E-state index < -0.39 is 5.97 Å². The summed E-state index contributed by atoms with van der Waals surface area (Å²) in [6.45, 7) is 3.36. The SMILES string of the molecule is Cc1onc(N2CCCC2)c1C(=O)O. The summed E-state index contributed by atoms with van der Waals surface area (Å²) in [4.78, 5) is 12.9. The van der Waals surface area contributed by atoms with E-state index >= 15 is 0 Å². The molecule has 1 aromatic heterocycles. The molecule has 1 aliphatic rings. The average Bonchev–Trinajstić information content (AvgIpc) is 2.70. The van der Waals surface area contributed by atoms with Crippen LogP contribution in [0.15, 0.2) is 4.52 Å². The molecule has 0 bridgehead atoms. The summed E-state index contributed by atoms with van der Waals surface area (Å²) in [7, 11) is 0. The number of hydrogen-bond donors (Lipinski definition) is 1. The number of carboxylic acids is 1. The van der Waals surface area contributed by atoms with Crippen molar-refractivity contribution in [2.24, 2.45) is 0 Å². The van der Waals surface area contributed by atoms with Crippen molar-refractivity contribution >= 4 is 11.8 Å². The fourth-order valence-corrected chi connectivity index (χ4v) is 1.75. The van der Waals surface area contributed by atoms with Crippen LogP contribution in [-0.4, -0.2) is 29.3 Å². The summed E-state index contributed by atoms with van der Waals surface area (Å²) in [5, 5.41) is 12.8. The highest BCUT2D eigenvalue weighted by molar-refractivity contribution is 5.94. The monoisotopic (exact) mass is 196 g/mol. The molecule has 5 heteroatoms. The molecule has 0 saturated carbocycles. The van der Waals surface area contributed by atoms with Crippen LogP contribution < -0.4 is 4.90 Å². The summed E-state index contributed by atoms with van der Waals surface area (Å²) >= 11 is 0. The zero-order chi connectivity index (χ0) is 10.1. The summed E-state index contributed by atoms with van der Waals surface area (Å²) in [5.41, 5.74) is 0.201.